The first-order valence-electron chi connectivity index (χ1n) is 5.45. The summed E-state index contributed by atoms with van der Waals surface area (Å²) in [7, 11) is 0. The molecular formula is C12H8F5N3S. The second kappa shape index (κ2) is 8.26. The van der Waals surface area contributed by atoms with Crippen molar-refractivity contribution in [2.24, 2.45) is 4.99 Å². The molecule has 21 heavy (non-hydrogen) atoms. The predicted octanol–water partition coefficient (Wildman–Crippen LogP) is 4.22. The van der Waals surface area contributed by atoms with Gasteiger partial charge < -0.3 is 0 Å². The highest BCUT2D eigenvalue weighted by Crippen LogP contribution is 2.21. The van der Waals surface area contributed by atoms with Crippen molar-refractivity contribution in [1.82, 2.24) is 5.32 Å². The van der Waals surface area contributed by atoms with E-state index in [1.54, 1.807) is 0 Å². The van der Waals surface area contributed by atoms with Gasteiger partial charge in [0.15, 0.2) is 23.0 Å². The van der Waals surface area contributed by atoms with Crippen LogP contribution >= 0.6 is 11.8 Å². The number of hydrogen-bond donors (Lipinski definition) is 1. The lowest BCUT2D eigenvalue weighted by atomic mass is 10.3. The normalized spacial score (nSPS) is 11.0. The van der Waals surface area contributed by atoms with Crippen LogP contribution in [0.3, 0.4) is 0 Å². The molecule has 0 radical (unpaired) electrons. The van der Waals surface area contributed by atoms with Crippen molar-refractivity contribution in [1.29, 1.82) is 5.26 Å². The SMILES string of the molecule is N#CNC(=Nc1ccc(F)cc1F)SCCC(F)=C(F)F. The fourth-order valence-corrected chi connectivity index (χ4v) is 1.91. The minimum absolute atomic E-state index is 0.116. The number of benzene rings is 1. The van der Waals surface area contributed by atoms with Gasteiger partial charge in [-0.3, -0.25) is 5.32 Å². The van der Waals surface area contributed by atoms with Gasteiger partial charge in [-0.2, -0.15) is 14.0 Å². The lowest BCUT2D eigenvalue weighted by Crippen LogP contribution is -2.14. The molecule has 9 heteroatoms. The molecule has 0 aliphatic carbocycles. The summed E-state index contributed by atoms with van der Waals surface area (Å²) in [5, 5.41) is 10.5. The number of aliphatic imine (C=N–C) groups is 1. The highest BCUT2D eigenvalue weighted by molar-refractivity contribution is 8.13. The van der Waals surface area contributed by atoms with Gasteiger partial charge in [0.2, 0.25) is 0 Å². The quantitative estimate of drug-likeness (QED) is 0.297. The molecule has 0 unspecified atom stereocenters. The number of rotatable bonds is 4. The average molecular weight is 321 g/mol. The minimum Gasteiger partial charge on any atom is -0.271 e. The molecule has 0 spiro atoms. The van der Waals surface area contributed by atoms with Gasteiger partial charge in [0.1, 0.15) is 11.5 Å². The maximum Gasteiger partial charge on any atom is 0.301 e. The van der Waals surface area contributed by atoms with Crippen molar-refractivity contribution < 1.29 is 22.0 Å². The summed E-state index contributed by atoms with van der Waals surface area (Å²) < 4.78 is 62.4. The summed E-state index contributed by atoms with van der Waals surface area (Å²) in [6.45, 7) is 0. The molecule has 1 aromatic carbocycles. The summed E-state index contributed by atoms with van der Waals surface area (Å²) in [6.07, 6.45) is -1.45. The predicted molar refractivity (Wildman–Crippen MR) is 69.6 cm³/mol. The van der Waals surface area contributed by atoms with Crippen molar-refractivity contribution in [3.05, 3.63) is 41.7 Å². The molecule has 0 fully saturated rings. The van der Waals surface area contributed by atoms with Crippen LogP contribution in [0.2, 0.25) is 0 Å². The van der Waals surface area contributed by atoms with Crippen LogP contribution in [0.15, 0.2) is 35.1 Å². The highest BCUT2D eigenvalue weighted by atomic mass is 32.2. The van der Waals surface area contributed by atoms with Crippen molar-refractivity contribution in [2.45, 2.75) is 6.42 Å². The molecule has 0 aliphatic rings. The number of nitrogens with one attached hydrogen (secondary N) is 1. The Morgan fingerprint density at radius 2 is 2.00 bits per heavy atom. The topological polar surface area (TPSA) is 48.2 Å². The zero-order valence-electron chi connectivity index (χ0n) is 10.3. The van der Waals surface area contributed by atoms with Crippen LogP contribution in [0, 0.1) is 23.1 Å². The number of amidine groups is 1. The third kappa shape index (κ3) is 5.83. The van der Waals surface area contributed by atoms with E-state index in [9.17, 15) is 22.0 Å². The van der Waals surface area contributed by atoms with Gasteiger partial charge in [0, 0.05) is 18.2 Å². The number of thioether (sulfide) groups is 1. The average Bonchev–Trinajstić information content (AvgIpc) is 2.41. The monoisotopic (exact) mass is 321 g/mol. The molecule has 0 aliphatic heterocycles. The van der Waals surface area contributed by atoms with Crippen LogP contribution in [-0.2, 0) is 0 Å². The van der Waals surface area contributed by atoms with Crippen molar-refractivity contribution >= 4 is 22.6 Å². The zero-order chi connectivity index (χ0) is 15.8. The largest absolute Gasteiger partial charge is 0.301 e. The van der Waals surface area contributed by atoms with E-state index in [-0.39, 0.29) is 16.6 Å². The maximum atomic E-state index is 13.4. The molecular weight excluding hydrogens is 313 g/mol. The van der Waals surface area contributed by atoms with E-state index in [1.807, 2.05) is 0 Å². The van der Waals surface area contributed by atoms with Gasteiger partial charge in [-0.15, -0.1) is 0 Å². The lowest BCUT2D eigenvalue weighted by molar-refractivity contribution is 0.373. The van der Waals surface area contributed by atoms with E-state index in [0.717, 1.165) is 23.9 Å². The van der Waals surface area contributed by atoms with Gasteiger partial charge in [-0.05, 0) is 12.1 Å². The minimum atomic E-state index is -2.41. The molecule has 0 bridgehead atoms. The Balaban J connectivity index is 2.79. The standard InChI is InChI=1S/C12H8F5N3S/c13-7-1-2-10(9(15)5-7)20-12(19-6-18)21-4-3-8(14)11(16)17/h1-2,5H,3-4H2,(H,19,20). The maximum absolute atomic E-state index is 13.4. The molecule has 1 rings (SSSR count). The van der Waals surface area contributed by atoms with Gasteiger partial charge in [-0.25, -0.2) is 18.2 Å². The smallest absolute Gasteiger partial charge is 0.271 e. The molecule has 1 N–H and O–H groups in total. The summed E-state index contributed by atoms with van der Waals surface area (Å²) in [4.78, 5) is 3.71. The van der Waals surface area contributed by atoms with Crippen LogP contribution in [0.25, 0.3) is 0 Å². The first kappa shape index (κ1) is 17.0. The van der Waals surface area contributed by atoms with E-state index in [2.05, 4.69) is 10.3 Å². The number of allylic oxidation sites excluding steroid dienone is 1. The van der Waals surface area contributed by atoms with Crippen LogP contribution in [-0.4, -0.2) is 10.9 Å². The number of nitriles is 1. The molecule has 0 saturated carbocycles. The fraction of sp³-hybridized carbons (Fsp3) is 0.167. The Hall–Kier alpha value is -2.08. The molecule has 112 valence electrons. The second-order valence-electron chi connectivity index (χ2n) is 3.51. The molecule has 3 nitrogen and oxygen atoms in total. The highest BCUT2D eigenvalue weighted by Gasteiger charge is 2.08. The molecule has 0 atom stereocenters. The first-order valence-corrected chi connectivity index (χ1v) is 6.44. The number of hydrogen-bond acceptors (Lipinski definition) is 3. The third-order valence-corrected chi connectivity index (χ3v) is 2.93. The van der Waals surface area contributed by atoms with Gasteiger partial charge in [0.05, 0.1) is 0 Å². The first-order chi connectivity index (χ1) is 9.93. The van der Waals surface area contributed by atoms with Crippen LogP contribution < -0.4 is 5.32 Å². The molecule has 0 amide bonds. The van der Waals surface area contributed by atoms with E-state index < -0.39 is 30.0 Å². The summed E-state index contributed by atoms with van der Waals surface area (Å²) in [6, 6.07) is 2.62. The summed E-state index contributed by atoms with van der Waals surface area (Å²) in [5.74, 6) is -3.44. The molecule has 0 saturated heterocycles. The molecule has 0 aromatic heterocycles. The number of nitrogens with zero attached hydrogens (tertiary/aromatic N) is 2. The van der Waals surface area contributed by atoms with Crippen molar-refractivity contribution in [2.75, 3.05) is 5.75 Å². The van der Waals surface area contributed by atoms with E-state index in [4.69, 9.17) is 5.26 Å². The Morgan fingerprint density at radius 3 is 2.57 bits per heavy atom. The zero-order valence-corrected chi connectivity index (χ0v) is 11.2. The van der Waals surface area contributed by atoms with Crippen molar-refractivity contribution in [3.63, 3.8) is 0 Å². The Labute approximate surface area is 121 Å². The third-order valence-electron chi connectivity index (χ3n) is 2.06. The molecule has 1 aromatic rings. The van der Waals surface area contributed by atoms with Crippen LogP contribution in [0.1, 0.15) is 6.42 Å². The Bertz CT molecular complexity index is 605. The van der Waals surface area contributed by atoms with Crippen LogP contribution in [0.4, 0.5) is 27.6 Å². The Morgan fingerprint density at radius 1 is 1.29 bits per heavy atom. The lowest BCUT2D eigenvalue weighted by Gasteiger charge is -2.04. The second-order valence-corrected chi connectivity index (χ2v) is 4.60. The number of halogens is 5. The van der Waals surface area contributed by atoms with E-state index in [0.29, 0.717) is 6.07 Å². The molecule has 0 heterocycles. The fourth-order valence-electron chi connectivity index (χ4n) is 1.16. The van der Waals surface area contributed by atoms with Gasteiger partial charge in [-0.1, -0.05) is 11.8 Å². The summed E-state index contributed by atoms with van der Waals surface area (Å²) in [5.41, 5.74) is -0.241. The van der Waals surface area contributed by atoms with Gasteiger partial charge in [0.25, 0.3) is 0 Å². The van der Waals surface area contributed by atoms with Crippen LogP contribution in [0.5, 0.6) is 0 Å². The Kier molecular flexibility index (Phi) is 6.68. The van der Waals surface area contributed by atoms with Crippen molar-refractivity contribution in [3.8, 4) is 6.19 Å². The summed E-state index contributed by atoms with van der Waals surface area (Å²) >= 11 is 0.748. The van der Waals surface area contributed by atoms with Gasteiger partial charge >= 0.3 is 6.08 Å². The van der Waals surface area contributed by atoms with E-state index in [1.165, 1.54) is 6.19 Å². The van der Waals surface area contributed by atoms with E-state index >= 15 is 0 Å².